The SMILES string of the molecule is Cn1ccc(C(=O)Nc2ccc(Br)cc2C(=O)O)n1. The Hall–Kier alpha value is -2.15. The zero-order valence-electron chi connectivity index (χ0n) is 9.92. The van der Waals surface area contributed by atoms with Crippen LogP contribution in [0.5, 0.6) is 0 Å². The zero-order valence-corrected chi connectivity index (χ0v) is 11.5. The van der Waals surface area contributed by atoms with Crippen LogP contribution < -0.4 is 5.32 Å². The molecule has 1 heterocycles. The van der Waals surface area contributed by atoms with Gasteiger partial charge in [0.15, 0.2) is 5.69 Å². The number of amides is 1. The van der Waals surface area contributed by atoms with E-state index in [4.69, 9.17) is 5.11 Å². The third-order valence-electron chi connectivity index (χ3n) is 2.41. The second-order valence-electron chi connectivity index (χ2n) is 3.82. The van der Waals surface area contributed by atoms with E-state index in [1.807, 2.05) is 0 Å². The van der Waals surface area contributed by atoms with Crippen LogP contribution in [0.2, 0.25) is 0 Å². The number of hydrogen-bond donors (Lipinski definition) is 2. The van der Waals surface area contributed by atoms with E-state index < -0.39 is 11.9 Å². The second kappa shape index (κ2) is 5.23. The highest BCUT2D eigenvalue weighted by molar-refractivity contribution is 9.10. The first kappa shape index (κ1) is 13.3. The summed E-state index contributed by atoms with van der Waals surface area (Å²) in [6, 6.07) is 6.15. The Morgan fingerprint density at radius 2 is 2.11 bits per heavy atom. The highest BCUT2D eigenvalue weighted by Gasteiger charge is 2.15. The smallest absolute Gasteiger partial charge is 0.337 e. The molecule has 2 aromatic rings. The molecule has 1 aromatic carbocycles. The molecule has 0 radical (unpaired) electrons. The van der Waals surface area contributed by atoms with Gasteiger partial charge in [-0.2, -0.15) is 5.10 Å². The molecule has 0 saturated carbocycles. The predicted octanol–water partition coefficient (Wildman–Crippen LogP) is 2.13. The van der Waals surface area contributed by atoms with Gasteiger partial charge >= 0.3 is 5.97 Å². The van der Waals surface area contributed by atoms with E-state index in [1.54, 1.807) is 25.4 Å². The van der Waals surface area contributed by atoms with E-state index in [0.717, 1.165) is 0 Å². The van der Waals surface area contributed by atoms with Gasteiger partial charge in [-0.15, -0.1) is 0 Å². The normalized spacial score (nSPS) is 10.2. The van der Waals surface area contributed by atoms with Crippen molar-refractivity contribution in [3.63, 3.8) is 0 Å². The fourth-order valence-corrected chi connectivity index (χ4v) is 1.89. The van der Waals surface area contributed by atoms with Crippen LogP contribution in [0.25, 0.3) is 0 Å². The monoisotopic (exact) mass is 323 g/mol. The minimum absolute atomic E-state index is 0.0126. The third-order valence-corrected chi connectivity index (χ3v) is 2.90. The lowest BCUT2D eigenvalue weighted by Crippen LogP contribution is -2.15. The lowest BCUT2D eigenvalue weighted by atomic mass is 10.2. The van der Waals surface area contributed by atoms with Crippen LogP contribution in [0.1, 0.15) is 20.8 Å². The maximum atomic E-state index is 11.9. The molecule has 0 saturated heterocycles. The summed E-state index contributed by atoms with van der Waals surface area (Å²) in [4.78, 5) is 23.0. The average molecular weight is 324 g/mol. The van der Waals surface area contributed by atoms with Crippen LogP contribution >= 0.6 is 15.9 Å². The van der Waals surface area contributed by atoms with Gasteiger partial charge in [0, 0.05) is 17.7 Å². The van der Waals surface area contributed by atoms with Gasteiger partial charge in [0.25, 0.3) is 5.91 Å². The molecule has 2 N–H and O–H groups in total. The Morgan fingerprint density at radius 1 is 1.37 bits per heavy atom. The van der Waals surface area contributed by atoms with Crippen LogP contribution in [0.4, 0.5) is 5.69 Å². The minimum atomic E-state index is -1.11. The van der Waals surface area contributed by atoms with Gasteiger partial charge < -0.3 is 10.4 Å². The Morgan fingerprint density at radius 3 is 2.68 bits per heavy atom. The van der Waals surface area contributed by atoms with Crippen LogP contribution in [-0.2, 0) is 7.05 Å². The fraction of sp³-hybridized carbons (Fsp3) is 0.0833. The van der Waals surface area contributed by atoms with Gasteiger partial charge in [0.2, 0.25) is 0 Å². The number of rotatable bonds is 3. The third kappa shape index (κ3) is 3.00. The first-order chi connectivity index (χ1) is 8.97. The summed E-state index contributed by atoms with van der Waals surface area (Å²) in [7, 11) is 1.69. The lowest BCUT2D eigenvalue weighted by Gasteiger charge is -2.07. The number of carbonyl (C=O) groups excluding carboxylic acids is 1. The molecule has 0 spiro atoms. The number of anilines is 1. The Bertz CT molecular complexity index is 651. The predicted molar refractivity (Wildman–Crippen MR) is 72.3 cm³/mol. The van der Waals surface area contributed by atoms with Crippen LogP contribution in [-0.4, -0.2) is 26.8 Å². The Labute approximate surface area is 117 Å². The quantitative estimate of drug-likeness (QED) is 0.906. The molecule has 0 atom stereocenters. The van der Waals surface area contributed by atoms with Crippen LogP contribution in [0.3, 0.4) is 0 Å². The van der Waals surface area contributed by atoms with Crippen molar-refractivity contribution >= 4 is 33.5 Å². The van der Waals surface area contributed by atoms with E-state index >= 15 is 0 Å². The van der Waals surface area contributed by atoms with Gasteiger partial charge in [0.05, 0.1) is 11.3 Å². The van der Waals surface area contributed by atoms with Gasteiger partial charge in [-0.05, 0) is 24.3 Å². The molecule has 2 rings (SSSR count). The van der Waals surface area contributed by atoms with E-state index in [2.05, 4.69) is 26.3 Å². The number of aromatic nitrogens is 2. The van der Waals surface area contributed by atoms with Crippen molar-refractivity contribution in [3.8, 4) is 0 Å². The zero-order chi connectivity index (χ0) is 14.0. The van der Waals surface area contributed by atoms with E-state index in [-0.39, 0.29) is 16.9 Å². The van der Waals surface area contributed by atoms with Gasteiger partial charge in [-0.25, -0.2) is 4.79 Å². The Kier molecular flexibility index (Phi) is 3.66. The summed E-state index contributed by atoms with van der Waals surface area (Å²) >= 11 is 3.19. The molecule has 6 nitrogen and oxygen atoms in total. The topological polar surface area (TPSA) is 84.2 Å². The van der Waals surface area contributed by atoms with Gasteiger partial charge in [-0.3, -0.25) is 9.48 Å². The highest BCUT2D eigenvalue weighted by atomic mass is 79.9. The van der Waals surface area contributed by atoms with Crippen molar-refractivity contribution in [3.05, 3.63) is 46.2 Å². The number of aryl methyl sites for hydroxylation is 1. The van der Waals surface area contributed by atoms with Crippen molar-refractivity contribution in [1.82, 2.24) is 9.78 Å². The first-order valence-corrected chi connectivity index (χ1v) is 6.10. The van der Waals surface area contributed by atoms with E-state index in [1.165, 1.54) is 16.8 Å². The number of nitrogens with one attached hydrogen (secondary N) is 1. The first-order valence-electron chi connectivity index (χ1n) is 5.31. The van der Waals surface area contributed by atoms with Crippen molar-refractivity contribution in [1.29, 1.82) is 0 Å². The molecule has 0 unspecified atom stereocenters. The minimum Gasteiger partial charge on any atom is -0.478 e. The fourth-order valence-electron chi connectivity index (χ4n) is 1.52. The number of carboxylic acid groups (broad SMARTS) is 1. The van der Waals surface area contributed by atoms with Gasteiger partial charge in [-0.1, -0.05) is 15.9 Å². The molecule has 1 amide bonds. The summed E-state index contributed by atoms with van der Waals surface area (Å²) in [5.41, 5.74) is 0.465. The van der Waals surface area contributed by atoms with Gasteiger partial charge in [0.1, 0.15) is 0 Å². The molecule has 7 heteroatoms. The molecule has 0 fully saturated rings. The molecule has 19 heavy (non-hydrogen) atoms. The number of carboxylic acids is 1. The molecule has 98 valence electrons. The van der Waals surface area contributed by atoms with Crippen molar-refractivity contribution in [2.24, 2.45) is 7.05 Å². The van der Waals surface area contributed by atoms with E-state index in [0.29, 0.717) is 4.47 Å². The summed E-state index contributed by atoms with van der Waals surface area (Å²) in [5.74, 6) is -1.57. The number of aromatic carboxylic acids is 1. The molecular formula is C12H10BrN3O3. The van der Waals surface area contributed by atoms with Crippen LogP contribution in [0, 0.1) is 0 Å². The van der Waals surface area contributed by atoms with Crippen molar-refractivity contribution in [2.45, 2.75) is 0 Å². The Balaban J connectivity index is 2.28. The number of hydrogen-bond acceptors (Lipinski definition) is 3. The highest BCUT2D eigenvalue weighted by Crippen LogP contribution is 2.21. The average Bonchev–Trinajstić information content (AvgIpc) is 2.78. The summed E-state index contributed by atoms with van der Waals surface area (Å²) < 4.78 is 2.12. The molecule has 0 aliphatic heterocycles. The number of benzene rings is 1. The maximum Gasteiger partial charge on any atom is 0.337 e. The number of carbonyl (C=O) groups is 2. The van der Waals surface area contributed by atoms with Crippen molar-refractivity contribution in [2.75, 3.05) is 5.32 Å². The summed E-state index contributed by atoms with van der Waals surface area (Å²) in [6.45, 7) is 0. The molecule has 0 aliphatic rings. The van der Waals surface area contributed by atoms with E-state index in [9.17, 15) is 9.59 Å². The molecule has 1 aromatic heterocycles. The van der Waals surface area contributed by atoms with Crippen molar-refractivity contribution < 1.29 is 14.7 Å². The number of halogens is 1. The maximum absolute atomic E-state index is 11.9. The lowest BCUT2D eigenvalue weighted by molar-refractivity contribution is 0.0698. The summed E-state index contributed by atoms with van der Waals surface area (Å²) in [5, 5.41) is 15.6. The standard InChI is InChI=1S/C12H10BrN3O3/c1-16-5-4-10(15-16)11(17)14-9-3-2-7(13)6-8(9)12(18)19/h2-6H,1H3,(H,14,17)(H,18,19). The van der Waals surface area contributed by atoms with Crippen LogP contribution in [0.15, 0.2) is 34.9 Å². The molecular weight excluding hydrogens is 314 g/mol. The molecule has 0 bridgehead atoms. The number of nitrogens with zero attached hydrogens (tertiary/aromatic N) is 2. The summed E-state index contributed by atoms with van der Waals surface area (Å²) in [6.07, 6.45) is 1.63. The molecule has 0 aliphatic carbocycles. The second-order valence-corrected chi connectivity index (χ2v) is 4.74. The largest absolute Gasteiger partial charge is 0.478 e.